The van der Waals surface area contributed by atoms with E-state index in [4.69, 9.17) is 26.8 Å². The number of nitrogens with zero attached hydrogens (tertiary/aromatic N) is 1. The molecule has 8 heteroatoms. The van der Waals surface area contributed by atoms with Crippen molar-refractivity contribution in [3.63, 3.8) is 0 Å². The van der Waals surface area contributed by atoms with Crippen molar-refractivity contribution in [1.82, 2.24) is 4.90 Å². The molecule has 6 nitrogen and oxygen atoms in total. The van der Waals surface area contributed by atoms with Crippen LogP contribution in [0, 0.1) is 5.82 Å². The average Bonchev–Trinajstić information content (AvgIpc) is 2.94. The normalized spacial score (nSPS) is 20.6. The summed E-state index contributed by atoms with van der Waals surface area (Å²) in [5, 5.41) is -0.0954. The van der Waals surface area contributed by atoms with Gasteiger partial charge >= 0.3 is 0 Å². The highest BCUT2D eigenvalue weighted by Gasteiger charge is 2.48. The Morgan fingerprint density at radius 1 is 1.48 bits per heavy atom. The van der Waals surface area contributed by atoms with E-state index in [2.05, 4.69) is 0 Å². The Morgan fingerprint density at radius 3 is 2.83 bits per heavy atom. The van der Waals surface area contributed by atoms with Crippen molar-refractivity contribution in [2.45, 2.75) is 18.4 Å². The van der Waals surface area contributed by atoms with E-state index < -0.39 is 23.2 Å². The third kappa shape index (κ3) is 3.56. The summed E-state index contributed by atoms with van der Waals surface area (Å²) in [5.41, 5.74) is 4.33. The van der Waals surface area contributed by atoms with E-state index in [-0.39, 0.29) is 24.0 Å². The fourth-order valence-electron chi connectivity index (χ4n) is 2.75. The molecular weight excluding hydrogens is 327 g/mol. The largest absolute Gasteiger partial charge is 0.484 e. The molecule has 1 aromatic carbocycles. The molecule has 1 aliphatic rings. The Labute approximate surface area is 138 Å². The molecule has 0 aromatic heterocycles. The summed E-state index contributed by atoms with van der Waals surface area (Å²) in [6.45, 7) is 0.135. The fourth-order valence-corrected chi connectivity index (χ4v) is 2.92. The number of primary amides is 1. The van der Waals surface area contributed by atoms with Gasteiger partial charge in [-0.15, -0.1) is 0 Å². The van der Waals surface area contributed by atoms with Gasteiger partial charge in [-0.25, -0.2) is 4.39 Å². The van der Waals surface area contributed by atoms with Gasteiger partial charge in [0.25, 0.3) is 5.91 Å². The van der Waals surface area contributed by atoms with Crippen LogP contribution in [0.4, 0.5) is 4.39 Å². The van der Waals surface area contributed by atoms with Crippen molar-refractivity contribution in [2.75, 3.05) is 26.9 Å². The summed E-state index contributed by atoms with van der Waals surface area (Å²) in [6, 6.07) is 3.80. The number of hydrogen-bond donors (Lipinski definition) is 1. The summed E-state index contributed by atoms with van der Waals surface area (Å²) in [5.74, 6) is -1.30. The molecule has 1 aliphatic heterocycles. The zero-order valence-corrected chi connectivity index (χ0v) is 13.4. The van der Waals surface area contributed by atoms with E-state index in [0.717, 1.165) is 6.07 Å². The van der Waals surface area contributed by atoms with Gasteiger partial charge in [0.15, 0.2) is 6.61 Å². The van der Waals surface area contributed by atoms with E-state index in [0.29, 0.717) is 19.4 Å². The lowest BCUT2D eigenvalue weighted by Gasteiger charge is -2.35. The summed E-state index contributed by atoms with van der Waals surface area (Å²) < 4.78 is 23.5. The van der Waals surface area contributed by atoms with Crippen molar-refractivity contribution < 1.29 is 23.5 Å². The molecule has 1 atom stereocenters. The maximum atomic E-state index is 13.1. The maximum Gasteiger partial charge on any atom is 0.261 e. The smallest absolute Gasteiger partial charge is 0.261 e. The number of carbonyl (C=O) groups excluding carboxylic acids is 2. The summed E-state index contributed by atoms with van der Waals surface area (Å²) in [7, 11) is 1.45. The van der Waals surface area contributed by atoms with Crippen molar-refractivity contribution in [2.24, 2.45) is 5.73 Å². The van der Waals surface area contributed by atoms with Crippen LogP contribution < -0.4 is 10.5 Å². The first-order valence-electron chi connectivity index (χ1n) is 7.08. The third-order valence-corrected chi connectivity index (χ3v) is 4.17. The van der Waals surface area contributed by atoms with Crippen molar-refractivity contribution in [3.05, 3.63) is 29.0 Å². The monoisotopic (exact) mass is 344 g/mol. The quantitative estimate of drug-likeness (QED) is 0.844. The summed E-state index contributed by atoms with van der Waals surface area (Å²) >= 11 is 5.66. The lowest BCUT2D eigenvalue weighted by molar-refractivity contribution is -0.148. The highest BCUT2D eigenvalue weighted by Crippen LogP contribution is 2.30. The van der Waals surface area contributed by atoms with Gasteiger partial charge in [0, 0.05) is 19.7 Å². The lowest BCUT2D eigenvalue weighted by atomic mass is 9.96. The first-order chi connectivity index (χ1) is 10.9. The minimum atomic E-state index is -1.14. The van der Waals surface area contributed by atoms with Gasteiger partial charge in [-0.2, -0.15) is 0 Å². The third-order valence-electron chi connectivity index (χ3n) is 3.88. The van der Waals surface area contributed by atoms with Crippen LogP contribution in [0.5, 0.6) is 5.75 Å². The van der Waals surface area contributed by atoms with Crippen LogP contribution in [0.2, 0.25) is 5.02 Å². The molecule has 2 N–H and O–H groups in total. The number of nitrogens with two attached hydrogens (primary N) is 1. The maximum absolute atomic E-state index is 13.1. The molecule has 0 bridgehead atoms. The molecule has 1 fully saturated rings. The van der Waals surface area contributed by atoms with Gasteiger partial charge in [-0.1, -0.05) is 11.6 Å². The number of halogens is 2. The van der Waals surface area contributed by atoms with Gasteiger partial charge in [0.05, 0.1) is 11.6 Å². The Morgan fingerprint density at radius 2 is 2.22 bits per heavy atom. The van der Waals surface area contributed by atoms with Crippen LogP contribution in [-0.4, -0.2) is 49.1 Å². The van der Waals surface area contributed by atoms with Gasteiger partial charge < -0.3 is 20.1 Å². The molecule has 1 aromatic rings. The van der Waals surface area contributed by atoms with Gasteiger partial charge in [-0.05, 0) is 25.0 Å². The molecule has 126 valence electrons. The topological polar surface area (TPSA) is 81.9 Å². The molecule has 1 unspecified atom stereocenters. The Kier molecular flexibility index (Phi) is 5.43. The first-order valence-corrected chi connectivity index (χ1v) is 7.45. The van der Waals surface area contributed by atoms with Gasteiger partial charge in [0.1, 0.15) is 17.1 Å². The molecule has 0 saturated carbocycles. The predicted molar refractivity (Wildman–Crippen MR) is 81.7 cm³/mol. The van der Waals surface area contributed by atoms with Crippen LogP contribution in [0.1, 0.15) is 12.8 Å². The zero-order valence-electron chi connectivity index (χ0n) is 12.7. The van der Waals surface area contributed by atoms with Crippen molar-refractivity contribution in [1.29, 1.82) is 0 Å². The molecule has 1 saturated heterocycles. The van der Waals surface area contributed by atoms with E-state index in [1.807, 2.05) is 0 Å². The highest BCUT2D eigenvalue weighted by molar-refractivity contribution is 6.30. The molecule has 0 spiro atoms. The van der Waals surface area contributed by atoms with E-state index in [1.54, 1.807) is 0 Å². The molecular formula is C15H18ClFN2O4. The number of ether oxygens (including phenoxy) is 2. The minimum absolute atomic E-state index is 0.0381. The molecule has 1 heterocycles. The number of likely N-dealkylation sites (tertiary alicyclic amines) is 1. The van der Waals surface area contributed by atoms with E-state index >= 15 is 0 Å². The molecule has 2 rings (SSSR count). The number of carbonyl (C=O) groups is 2. The SMILES string of the molecule is COCC1(C(N)=O)CCCN1C(=O)COc1ccc(F)c(Cl)c1. The highest BCUT2D eigenvalue weighted by atomic mass is 35.5. The Bertz CT molecular complexity index is 613. The van der Waals surface area contributed by atoms with Gasteiger partial charge in [0.2, 0.25) is 5.91 Å². The average molecular weight is 345 g/mol. The summed E-state index contributed by atoms with van der Waals surface area (Å²) in [4.78, 5) is 25.6. The second kappa shape index (κ2) is 7.14. The molecule has 0 aliphatic carbocycles. The number of hydrogen-bond acceptors (Lipinski definition) is 4. The second-order valence-corrected chi connectivity index (χ2v) is 5.75. The van der Waals surface area contributed by atoms with Crippen molar-refractivity contribution >= 4 is 23.4 Å². The van der Waals surface area contributed by atoms with Crippen LogP contribution >= 0.6 is 11.6 Å². The van der Waals surface area contributed by atoms with E-state index in [9.17, 15) is 14.0 Å². The first kappa shape index (κ1) is 17.5. The molecule has 2 amide bonds. The number of methoxy groups -OCH3 is 1. The fraction of sp³-hybridized carbons (Fsp3) is 0.467. The van der Waals surface area contributed by atoms with Crippen molar-refractivity contribution in [3.8, 4) is 5.75 Å². The van der Waals surface area contributed by atoms with E-state index in [1.165, 1.54) is 24.1 Å². The van der Waals surface area contributed by atoms with Crippen LogP contribution in [0.25, 0.3) is 0 Å². The Balaban J connectivity index is 2.06. The predicted octanol–water partition coefficient (Wildman–Crippen LogP) is 1.35. The Hall–Kier alpha value is -1.86. The van der Waals surface area contributed by atoms with Crippen LogP contribution in [-0.2, 0) is 14.3 Å². The summed E-state index contributed by atoms with van der Waals surface area (Å²) in [6.07, 6.45) is 1.10. The molecule has 0 radical (unpaired) electrons. The molecule has 23 heavy (non-hydrogen) atoms. The van der Waals surface area contributed by atoms with Gasteiger partial charge in [-0.3, -0.25) is 9.59 Å². The second-order valence-electron chi connectivity index (χ2n) is 5.34. The standard InChI is InChI=1S/C15H18ClFN2O4/c1-22-9-15(14(18)21)5-2-6-19(15)13(20)8-23-10-3-4-12(17)11(16)7-10/h3-4,7H,2,5-6,8-9H2,1H3,(H2,18,21). The number of benzene rings is 1. The minimum Gasteiger partial charge on any atom is -0.484 e. The zero-order chi connectivity index (χ0) is 17.0. The lowest BCUT2D eigenvalue weighted by Crippen LogP contribution is -2.59. The number of rotatable bonds is 6. The van der Waals surface area contributed by atoms with Crippen LogP contribution in [0.3, 0.4) is 0 Å². The number of amides is 2. The van der Waals surface area contributed by atoms with Crippen LogP contribution in [0.15, 0.2) is 18.2 Å².